The van der Waals surface area contributed by atoms with Gasteiger partial charge >= 0.3 is 0 Å². The molecule has 1 heterocycles. The van der Waals surface area contributed by atoms with E-state index in [9.17, 15) is 14.4 Å². The summed E-state index contributed by atoms with van der Waals surface area (Å²) in [5.41, 5.74) is 0.914. The van der Waals surface area contributed by atoms with Crippen LogP contribution in [0, 0.1) is 5.92 Å². The van der Waals surface area contributed by atoms with Crippen LogP contribution in [0.5, 0.6) is 0 Å². The second-order valence-corrected chi connectivity index (χ2v) is 6.63. The number of carbonyl (C=O) groups excluding carboxylic acids is 3. The first-order chi connectivity index (χ1) is 12.1. The van der Waals surface area contributed by atoms with Gasteiger partial charge in [-0.1, -0.05) is 45.2 Å². The van der Waals surface area contributed by atoms with Crippen molar-refractivity contribution in [2.24, 2.45) is 5.92 Å². The maximum atomic E-state index is 12.2. The average molecular weight is 344 g/mol. The van der Waals surface area contributed by atoms with E-state index in [0.29, 0.717) is 36.4 Å². The summed E-state index contributed by atoms with van der Waals surface area (Å²) in [5.74, 6) is 0.00457. The molecule has 0 spiro atoms. The third-order valence-corrected chi connectivity index (χ3v) is 4.79. The van der Waals surface area contributed by atoms with Gasteiger partial charge in [0.2, 0.25) is 5.91 Å². The molecule has 5 nitrogen and oxygen atoms in total. The number of carbonyl (C=O) groups is 3. The first-order valence-corrected chi connectivity index (χ1v) is 9.30. The third-order valence-electron chi connectivity index (χ3n) is 4.79. The number of amides is 3. The SMILES string of the molecule is CCCC[C@H](CC)CNC(=O)CCCN1C(=O)c2ccccc2C1=O. The zero-order valence-electron chi connectivity index (χ0n) is 15.2. The van der Waals surface area contributed by atoms with Crippen molar-refractivity contribution in [3.8, 4) is 0 Å². The molecule has 0 aliphatic carbocycles. The fourth-order valence-corrected chi connectivity index (χ4v) is 3.13. The van der Waals surface area contributed by atoms with Crippen LogP contribution in [0.15, 0.2) is 24.3 Å². The van der Waals surface area contributed by atoms with Crippen LogP contribution in [0.3, 0.4) is 0 Å². The van der Waals surface area contributed by atoms with Gasteiger partial charge in [0.15, 0.2) is 0 Å². The van der Waals surface area contributed by atoms with E-state index in [2.05, 4.69) is 19.2 Å². The van der Waals surface area contributed by atoms with Gasteiger partial charge in [-0.3, -0.25) is 19.3 Å². The van der Waals surface area contributed by atoms with Gasteiger partial charge in [0.1, 0.15) is 0 Å². The van der Waals surface area contributed by atoms with Crippen LogP contribution in [0.4, 0.5) is 0 Å². The smallest absolute Gasteiger partial charge is 0.261 e. The fraction of sp³-hybridized carbons (Fsp3) is 0.550. The number of hydrogen-bond acceptors (Lipinski definition) is 3. The van der Waals surface area contributed by atoms with Gasteiger partial charge in [0.05, 0.1) is 11.1 Å². The molecule has 1 N–H and O–H groups in total. The molecule has 0 saturated heterocycles. The fourth-order valence-electron chi connectivity index (χ4n) is 3.13. The van der Waals surface area contributed by atoms with Crippen molar-refractivity contribution in [3.05, 3.63) is 35.4 Å². The van der Waals surface area contributed by atoms with Crippen molar-refractivity contribution in [1.29, 1.82) is 0 Å². The predicted molar refractivity (Wildman–Crippen MR) is 97.4 cm³/mol. The van der Waals surface area contributed by atoms with Crippen LogP contribution >= 0.6 is 0 Å². The number of benzene rings is 1. The number of unbranched alkanes of at least 4 members (excludes halogenated alkanes) is 1. The predicted octanol–water partition coefficient (Wildman–Crippen LogP) is 3.40. The highest BCUT2D eigenvalue weighted by molar-refractivity contribution is 6.21. The maximum absolute atomic E-state index is 12.2. The molecule has 1 atom stereocenters. The van der Waals surface area contributed by atoms with Crippen molar-refractivity contribution in [2.45, 2.75) is 52.4 Å². The van der Waals surface area contributed by atoms with E-state index in [0.717, 1.165) is 12.8 Å². The minimum absolute atomic E-state index is 0.00782. The molecule has 0 radical (unpaired) electrons. The molecule has 1 aromatic carbocycles. The van der Waals surface area contributed by atoms with Gasteiger partial charge < -0.3 is 5.32 Å². The Morgan fingerprint density at radius 1 is 1.08 bits per heavy atom. The van der Waals surface area contributed by atoms with E-state index < -0.39 is 0 Å². The third kappa shape index (κ3) is 4.91. The Balaban J connectivity index is 1.73. The van der Waals surface area contributed by atoms with Crippen LogP contribution in [0.2, 0.25) is 0 Å². The van der Waals surface area contributed by atoms with Crippen LogP contribution in [-0.2, 0) is 4.79 Å². The van der Waals surface area contributed by atoms with Crippen LogP contribution in [0.1, 0.15) is 73.1 Å². The summed E-state index contributed by atoms with van der Waals surface area (Å²) >= 11 is 0. The molecule has 1 aliphatic rings. The van der Waals surface area contributed by atoms with Gasteiger partial charge in [-0.15, -0.1) is 0 Å². The molecule has 136 valence electrons. The Morgan fingerprint density at radius 2 is 1.72 bits per heavy atom. The Bertz CT molecular complexity index is 592. The molecular formula is C20H28N2O3. The molecule has 0 saturated carbocycles. The number of fused-ring (bicyclic) bond motifs is 1. The average Bonchev–Trinajstić information content (AvgIpc) is 2.87. The van der Waals surface area contributed by atoms with Crippen molar-refractivity contribution in [3.63, 3.8) is 0 Å². The largest absolute Gasteiger partial charge is 0.356 e. The van der Waals surface area contributed by atoms with Crippen molar-refractivity contribution in [2.75, 3.05) is 13.1 Å². The topological polar surface area (TPSA) is 66.5 Å². The Labute approximate surface area is 149 Å². The molecule has 3 amide bonds. The van der Waals surface area contributed by atoms with E-state index in [4.69, 9.17) is 0 Å². The summed E-state index contributed by atoms with van der Waals surface area (Å²) in [6.45, 7) is 5.31. The first-order valence-electron chi connectivity index (χ1n) is 9.30. The normalized spacial score (nSPS) is 14.6. The summed E-state index contributed by atoms with van der Waals surface area (Å²) in [4.78, 5) is 37.7. The quantitative estimate of drug-likeness (QED) is 0.662. The summed E-state index contributed by atoms with van der Waals surface area (Å²) in [6, 6.07) is 6.85. The van der Waals surface area contributed by atoms with Gasteiger partial charge in [0, 0.05) is 19.5 Å². The summed E-state index contributed by atoms with van der Waals surface area (Å²) < 4.78 is 0. The highest BCUT2D eigenvalue weighted by Crippen LogP contribution is 2.22. The monoisotopic (exact) mass is 344 g/mol. The van der Waals surface area contributed by atoms with E-state index in [1.807, 2.05) is 0 Å². The van der Waals surface area contributed by atoms with Gasteiger partial charge in [-0.25, -0.2) is 0 Å². The highest BCUT2D eigenvalue weighted by atomic mass is 16.2. The molecule has 0 unspecified atom stereocenters. The lowest BCUT2D eigenvalue weighted by atomic mass is 9.99. The Morgan fingerprint density at radius 3 is 2.28 bits per heavy atom. The van der Waals surface area contributed by atoms with Crippen LogP contribution in [-0.4, -0.2) is 35.7 Å². The molecule has 0 aromatic heterocycles. The zero-order chi connectivity index (χ0) is 18.2. The maximum Gasteiger partial charge on any atom is 0.261 e. The lowest BCUT2D eigenvalue weighted by molar-refractivity contribution is -0.121. The van der Waals surface area contributed by atoms with E-state index in [1.54, 1.807) is 24.3 Å². The standard InChI is InChI=1S/C20H28N2O3/c1-3-5-9-15(4-2)14-21-18(23)12-8-13-22-19(24)16-10-6-7-11-17(16)20(22)25/h6-7,10-11,15H,3-5,8-9,12-14H2,1-2H3,(H,21,23)/t15-/m0/s1. The minimum Gasteiger partial charge on any atom is -0.356 e. The zero-order valence-corrected chi connectivity index (χ0v) is 15.2. The van der Waals surface area contributed by atoms with Gasteiger partial charge in [-0.2, -0.15) is 0 Å². The number of nitrogens with one attached hydrogen (secondary N) is 1. The molecular weight excluding hydrogens is 316 g/mol. The second kappa shape index (κ2) is 9.35. The summed E-state index contributed by atoms with van der Waals surface area (Å²) in [7, 11) is 0. The number of rotatable bonds is 10. The number of imide groups is 1. The number of hydrogen-bond donors (Lipinski definition) is 1. The summed E-state index contributed by atoms with van der Waals surface area (Å²) in [5, 5.41) is 2.98. The number of nitrogens with zero attached hydrogens (tertiary/aromatic N) is 1. The Hall–Kier alpha value is -2.17. The molecule has 2 rings (SSSR count). The molecule has 1 aliphatic heterocycles. The molecule has 5 heteroatoms. The van der Waals surface area contributed by atoms with Crippen molar-refractivity contribution >= 4 is 17.7 Å². The minimum atomic E-state index is -0.258. The van der Waals surface area contributed by atoms with Gasteiger partial charge in [-0.05, 0) is 30.9 Å². The van der Waals surface area contributed by atoms with Gasteiger partial charge in [0.25, 0.3) is 11.8 Å². The lowest BCUT2D eigenvalue weighted by Crippen LogP contribution is -2.33. The molecule has 0 fully saturated rings. The van der Waals surface area contributed by atoms with E-state index in [-0.39, 0.29) is 24.3 Å². The summed E-state index contributed by atoms with van der Waals surface area (Å²) in [6.07, 6.45) is 5.39. The molecule has 1 aromatic rings. The Kier molecular flexibility index (Phi) is 7.16. The van der Waals surface area contributed by atoms with Crippen LogP contribution in [0.25, 0.3) is 0 Å². The van der Waals surface area contributed by atoms with E-state index >= 15 is 0 Å². The molecule has 0 bridgehead atoms. The second-order valence-electron chi connectivity index (χ2n) is 6.63. The first kappa shape index (κ1) is 19.2. The lowest BCUT2D eigenvalue weighted by Gasteiger charge is -2.16. The van der Waals surface area contributed by atoms with E-state index in [1.165, 1.54) is 17.7 Å². The highest BCUT2D eigenvalue weighted by Gasteiger charge is 2.34. The molecule has 25 heavy (non-hydrogen) atoms. The van der Waals surface area contributed by atoms with Crippen LogP contribution < -0.4 is 5.32 Å². The van der Waals surface area contributed by atoms with Crippen molar-refractivity contribution < 1.29 is 14.4 Å². The van der Waals surface area contributed by atoms with Crippen molar-refractivity contribution in [1.82, 2.24) is 10.2 Å².